The Morgan fingerprint density at radius 3 is 2.79 bits per heavy atom. The summed E-state index contributed by atoms with van der Waals surface area (Å²) in [7, 11) is 1.58. The number of rotatable bonds is 4. The normalized spacial score (nSPS) is 27.5. The molecule has 0 N–H and O–H groups in total. The molecule has 132 valence electrons. The molecule has 5 nitrogen and oxygen atoms in total. The Labute approximate surface area is 143 Å². The summed E-state index contributed by atoms with van der Waals surface area (Å²) in [5.41, 5.74) is -1.08. The van der Waals surface area contributed by atoms with Crippen LogP contribution in [-0.2, 0) is 14.3 Å². The smallest absolute Gasteiger partial charge is 0.254 e. The van der Waals surface area contributed by atoms with Crippen molar-refractivity contribution >= 4 is 5.91 Å². The van der Waals surface area contributed by atoms with Gasteiger partial charge in [0.1, 0.15) is 17.5 Å². The van der Waals surface area contributed by atoms with Crippen LogP contribution >= 0.6 is 0 Å². The van der Waals surface area contributed by atoms with E-state index in [2.05, 4.69) is 0 Å². The van der Waals surface area contributed by atoms with Gasteiger partial charge in [0.2, 0.25) is 0 Å². The molecular formula is C19H27NO4. The second kappa shape index (κ2) is 6.73. The van der Waals surface area contributed by atoms with Crippen LogP contribution < -0.4 is 4.74 Å². The first kappa shape index (κ1) is 17.2. The number of piperidine rings is 1. The van der Waals surface area contributed by atoms with Crippen LogP contribution in [0, 0.1) is 0 Å². The number of amides is 1. The highest BCUT2D eigenvalue weighted by Crippen LogP contribution is 2.37. The highest BCUT2D eigenvalue weighted by Gasteiger charge is 2.47. The second-order valence-corrected chi connectivity index (χ2v) is 7.30. The lowest BCUT2D eigenvalue weighted by molar-refractivity contribution is -0.158. The second-order valence-electron chi connectivity index (χ2n) is 7.30. The maximum absolute atomic E-state index is 12.7. The average Bonchev–Trinajstić information content (AvgIpc) is 2.97. The number of para-hydroxylation sites is 1. The van der Waals surface area contributed by atoms with Crippen molar-refractivity contribution in [1.29, 1.82) is 0 Å². The average molecular weight is 333 g/mol. The van der Waals surface area contributed by atoms with Gasteiger partial charge in [0.25, 0.3) is 5.91 Å². The molecule has 0 aromatic heterocycles. The molecule has 0 saturated carbocycles. The molecule has 2 saturated heterocycles. The maximum atomic E-state index is 12.7. The number of benzene rings is 1. The van der Waals surface area contributed by atoms with E-state index in [4.69, 9.17) is 14.2 Å². The molecule has 2 aliphatic heterocycles. The van der Waals surface area contributed by atoms with Crippen molar-refractivity contribution in [2.75, 3.05) is 26.8 Å². The van der Waals surface area contributed by atoms with Crippen LogP contribution in [0.2, 0.25) is 0 Å². The topological polar surface area (TPSA) is 48.0 Å². The monoisotopic (exact) mass is 333 g/mol. The van der Waals surface area contributed by atoms with E-state index in [0.717, 1.165) is 31.6 Å². The molecule has 0 radical (unpaired) electrons. The molecule has 3 rings (SSSR count). The summed E-state index contributed by atoms with van der Waals surface area (Å²) in [6, 6.07) is 9.83. The quantitative estimate of drug-likeness (QED) is 0.850. The number of methoxy groups -OCH3 is 1. The van der Waals surface area contributed by atoms with Crippen molar-refractivity contribution in [2.24, 2.45) is 0 Å². The number of carbonyl (C=O) groups excluding carboxylic acids is 1. The fourth-order valence-corrected chi connectivity index (χ4v) is 3.59. The number of ether oxygens (including phenoxy) is 3. The number of likely N-dealkylation sites (tertiary alicyclic amines) is 1. The molecule has 2 atom stereocenters. The predicted molar refractivity (Wildman–Crippen MR) is 91.1 cm³/mol. The molecule has 1 aromatic rings. The summed E-state index contributed by atoms with van der Waals surface area (Å²) in [5, 5.41) is 0. The van der Waals surface area contributed by atoms with Crippen molar-refractivity contribution in [3.63, 3.8) is 0 Å². The van der Waals surface area contributed by atoms with E-state index < -0.39 is 5.60 Å². The van der Waals surface area contributed by atoms with Crippen LogP contribution in [0.3, 0.4) is 0 Å². The first-order chi connectivity index (χ1) is 11.4. The number of hydrogen-bond acceptors (Lipinski definition) is 4. The minimum Gasteiger partial charge on any atom is -0.488 e. The van der Waals surface area contributed by atoms with Gasteiger partial charge in [-0.15, -0.1) is 0 Å². The Kier molecular flexibility index (Phi) is 4.83. The van der Waals surface area contributed by atoms with Crippen LogP contribution in [-0.4, -0.2) is 54.9 Å². The largest absolute Gasteiger partial charge is 0.488 e. The van der Waals surface area contributed by atoms with Crippen LogP contribution in [0.1, 0.15) is 33.1 Å². The third-order valence-corrected chi connectivity index (χ3v) is 5.07. The van der Waals surface area contributed by atoms with E-state index in [-0.39, 0.29) is 17.6 Å². The SMILES string of the molecule is COC(C)(C)C(=O)N1CCC[C@@]2(C[C@@H](Oc3ccccc3)CO2)C1. The Morgan fingerprint density at radius 2 is 2.08 bits per heavy atom. The highest BCUT2D eigenvalue weighted by atomic mass is 16.6. The van der Waals surface area contributed by atoms with Gasteiger partial charge in [-0.25, -0.2) is 0 Å². The van der Waals surface area contributed by atoms with Gasteiger partial charge in [-0.1, -0.05) is 18.2 Å². The van der Waals surface area contributed by atoms with Gasteiger partial charge in [0.05, 0.1) is 12.2 Å². The van der Waals surface area contributed by atoms with E-state index in [1.807, 2.05) is 49.1 Å². The predicted octanol–water partition coefficient (Wildman–Crippen LogP) is 2.64. The number of nitrogens with zero attached hydrogens (tertiary/aromatic N) is 1. The van der Waals surface area contributed by atoms with E-state index in [9.17, 15) is 4.79 Å². The highest BCUT2D eigenvalue weighted by molar-refractivity contribution is 5.84. The molecule has 2 aliphatic rings. The van der Waals surface area contributed by atoms with E-state index in [1.54, 1.807) is 7.11 Å². The molecule has 5 heteroatoms. The summed E-state index contributed by atoms with van der Waals surface area (Å²) in [6.07, 6.45) is 2.78. The molecule has 1 spiro atoms. The van der Waals surface area contributed by atoms with Crippen LogP contribution in [0.5, 0.6) is 5.75 Å². The maximum Gasteiger partial charge on any atom is 0.254 e. The minimum atomic E-state index is -0.795. The first-order valence-corrected chi connectivity index (χ1v) is 8.64. The third-order valence-electron chi connectivity index (χ3n) is 5.07. The van der Waals surface area contributed by atoms with Crippen molar-refractivity contribution < 1.29 is 19.0 Å². The molecule has 0 bridgehead atoms. The number of hydrogen-bond donors (Lipinski definition) is 0. The molecule has 24 heavy (non-hydrogen) atoms. The van der Waals surface area contributed by atoms with Gasteiger partial charge in [0.15, 0.2) is 0 Å². The molecule has 1 aromatic carbocycles. The standard InChI is InChI=1S/C19H27NO4/c1-18(2,22-3)17(21)20-11-7-10-19(14-20)12-16(13-23-19)24-15-8-5-4-6-9-15/h4-6,8-9,16H,7,10-14H2,1-3H3/t16-,19-/m1/s1. The van der Waals surface area contributed by atoms with E-state index >= 15 is 0 Å². The fraction of sp³-hybridized carbons (Fsp3) is 0.632. The van der Waals surface area contributed by atoms with Crippen LogP contribution in [0.4, 0.5) is 0 Å². The van der Waals surface area contributed by atoms with Gasteiger partial charge >= 0.3 is 0 Å². The van der Waals surface area contributed by atoms with Gasteiger partial charge in [0, 0.05) is 26.6 Å². The third kappa shape index (κ3) is 3.57. The molecular weight excluding hydrogens is 306 g/mol. The van der Waals surface area contributed by atoms with Crippen molar-refractivity contribution in [1.82, 2.24) is 4.90 Å². The first-order valence-electron chi connectivity index (χ1n) is 8.64. The van der Waals surface area contributed by atoms with Gasteiger partial charge < -0.3 is 19.1 Å². The van der Waals surface area contributed by atoms with Gasteiger partial charge in [-0.3, -0.25) is 4.79 Å². The summed E-state index contributed by atoms with van der Waals surface area (Å²) in [5.74, 6) is 0.896. The van der Waals surface area contributed by atoms with Gasteiger partial charge in [-0.2, -0.15) is 0 Å². The molecule has 2 fully saturated rings. The molecule has 0 aliphatic carbocycles. The summed E-state index contributed by atoms with van der Waals surface area (Å²) < 4.78 is 17.5. The fourth-order valence-electron chi connectivity index (χ4n) is 3.59. The zero-order valence-electron chi connectivity index (χ0n) is 14.8. The Balaban J connectivity index is 1.63. The molecule has 0 unspecified atom stereocenters. The minimum absolute atomic E-state index is 0.0279. The van der Waals surface area contributed by atoms with Crippen molar-refractivity contribution in [3.8, 4) is 5.75 Å². The lowest BCUT2D eigenvalue weighted by Gasteiger charge is -2.42. The zero-order chi connectivity index (χ0) is 17.2. The Hall–Kier alpha value is -1.59. The summed E-state index contributed by atoms with van der Waals surface area (Å²) in [4.78, 5) is 14.6. The van der Waals surface area contributed by atoms with Crippen molar-refractivity contribution in [3.05, 3.63) is 30.3 Å². The molecule has 1 amide bonds. The van der Waals surface area contributed by atoms with Gasteiger partial charge in [-0.05, 0) is 38.8 Å². The summed E-state index contributed by atoms with van der Waals surface area (Å²) in [6.45, 7) is 5.58. The lowest BCUT2D eigenvalue weighted by atomic mass is 9.88. The van der Waals surface area contributed by atoms with E-state index in [1.165, 1.54) is 0 Å². The number of carbonyl (C=O) groups is 1. The molecule has 2 heterocycles. The van der Waals surface area contributed by atoms with Crippen LogP contribution in [0.25, 0.3) is 0 Å². The zero-order valence-corrected chi connectivity index (χ0v) is 14.8. The Bertz CT molecular complexity index is 574. The Morgan fingerprint density at radius 1 is 1.33 bits per heavy atom. The van der Waals surface area contributed by atoms with Crippen molar-refractivity contribution in [2.45, 2.75) is 50.4 Å². The lowest BCUT2D eigenvalue weighted by Crippen LogP contribution is -2.55. The summed E-state index contributed by atoms with van der Waals surface area (Å²) >= 11 is 0. The van der Waals surface area contributed by atoms with E-state index in [0.29, 0.717) is 13.2 Å². The van der Waals surface area contributed by atoms with Crippen LogP contribution in [0.15, 0.2) is 30.3 Å².